The topological polar surface area (TPSA) is 154 Å². The van der Waals surface area contributed by atoms with Gasteiger partial charge in [0, 0.05) is 6.92 Å². The summed E-state index contributed by atoms with van der Waals surface area (Å²) >= 11 is 0. The molecule has 0 fully saturated rings. The molecule has 0 saturated heterocycles. The Balaban J connectivity index is 0.00000154. The number of rotatable bonds is 7. The van der Waals surface area contributed by atoms with Crippen LogP contribution < -0.4 is 20.5 Å². The third kappa shape index (κ3) is 9.54. The summed E-state index contributed by atoms with van der Waals surface area (Å²) < 4.78 is 30.9. The van der Waals surface area contributed by atoms with Crippen LogP contribution in [0, 0.1) is 10.1 Å². The van der Waals surface area contributed by atoms with Gasteiger partial charge >= 0.3 is 0 Å². The first kappa shape index (κ1) is 27.1. The number of benzene rings is 2. The third-order valence-corrected chi connectivity index (χ3v) is 3.75. The number of hydrogen-bond donors (Lipinski definition) is 3. The number of carbonyl (C=O) groups is 1. The van der Waals surface area contributed by atoms with Gasteiger partial charge in [0.1, 0.15) is 11.4 Å². The zero-order valence-electron chi connectivity index (χ0n) is 16.7. The second kappa shape index (κ2) is 12.6. The van der Waals surface area contributed by atoms with Crippen molar-refractivity contribution in [3.63, 3.8) is 0 Å². The van der Waals surface area contributed by atoms with Crippen LogP contribution in [0.25, 0.3) is 0 Å². The smallest absolute Gasteiger partial charge is 0.296 e. The Morgan fingerprint density at radius 1 is 1.20 bits per heavy atom. The van der Waals surface area contributed by atoms with Gasteiger partial charge in [0.25, 0.3) is 5.69 Å². The number of sulfonamides is 1. The number of anilines is 2. The molecule has 10 nitrogen and oxygen atoms in total. The number of amides is 1. The Bertz CT molecular complexity index is 953. The molecule has 12 heteroatoms. The number of halogens is 1. The maximum atomic E-state index is 11.6. The SMILES string of the molecule is CC(=O)Nc1cc(NS(C)(=O)=O)c(Oc2ccccc2)cc1[N+](=O)[O-].CCCN.Cl. The quantitative estimate of drug-likeness (QED) is 0.422. The highest BCUT2D eigenvalue weighted by molar-refractivity contribution is 7.92. The molecule has 2 aromatic carbocycles. The Labute approximate surface area is 181 Å². The number of carbonyl (C=O) groups excluding carboxylic acids is 1. The number of para-hydroxylation sites is 1. The molecule has 0 aliphatic rings. The van der Waals surface area contributed by atoms with E-state index in [-0.39, 0.29) is 29.5 Å². The zero-order valence-corrected chi connectivity index (χ0v) is 18.4. The molecule has 0 spiro atoms. The van der Waals surface area contributed by atoms with Crippen molar-refractivity contribution in [1.82, 2.24) is 0 Å². The molecule has 166 valence electrons. The Kier molecular flexibility index (Phi) is 11.4. The Hall–Kier alpha value is -2.89. The van der Waals surface area contributed by atoms with Crippen molar-refractivity contribution in [2.75, 3.05) is 22.8 Å². The lowest BCUT2D eigenvalue weighted by atomic mass is 10.2. The van der Waals surface area contributed by atoms with Crippen LogP contribution in [0.2, 0.25) is 0 Å². The molecular weight excluding hydrogens is 436 g/mol. The van der Waals surface area contributed by atoms with E-state index in [1.807, 2.05) is 0 Å². The van der Waals surface area contributed by atoms with Crippen molar-refractivity contribution in [3.8, 4) is 11.5 Å². The first-order valence-corrected chi connectivity index (χ1v) is 10.5. The van der Waals surface area contributed by atoms with Crippen LogP contribution in [0.4, 0.5) is 17.1 Å². The molecule has 2 aromatic rings. The lowest BCUT2D eigenvalue weighted by molar-refractivity contribution is -0.384. The Morgan fingerprint density at radius 2 is 1.77 bits per heavy atom. The minimum absolute atomic E-state index is 0. The molecule has 0 aliphatic heterocycles. The molecule has 1 amide bonds. The molecule has 0 radical (unpaired) electrons. The van der Waals surface area contributed by atoms with Gasteiger partial charge in [-0.2, -0.15) is 0 Å². The van der Waals surface area contributed by atoms with E-state index in [0.717, 1.165) is 31.4 Å². The van der Waals surface area contributed by atoms with Gasteiger partial charge in [-0.15, -0.1) is 12.4 Å². The highest BCUT2D eigenvalue weighted by atomic mass is 35.5. The second-order valence-electron chi connectivity index (χ2n) is 5.88. The van der Waals surface area contributed by atoms with E-state index < -0.39 is 26.5 Å². The van der Waals surface area contributed by atoms with Gasteiger partial charge in [0.15, 0.2) is 5.75 Å². The van der Waals surface area contributed by atoms with Crippen LogP contribution in [-0.4, -0.2) is 32.0 Å². The van der Waals surface area contributed by atoms with Crippen molar-refractivity contribution < 1.29 is 22.9 Å². The van der Waals surface area contributed by atoms with Crippen LogP contribution in [0.5, 0.6) is 11.5 Å². The standard InChI is InChI=1S/C15H15N3O6S.C3H9N.ClH/c1-10(19)16-12-8-13(17-25(2,22)23)15(9-14(12)18(20)21)24-11-6-4-3-5-7-11;1-2-3-4;/h3-9,17H,1-2H3,(H,16,19);2-4H2,1H3;1H. The molecule has 2 rings (SSSR count). The summed E-state index contributed by atoms with van der Waals surface area (Å²) in [6.45, 7) is 4.06. The second-order valence-corrected chi connectivity index (χ2v) is 7.63. The fourth-order valence-electron chi connectivity index (χ4n) is 1.99. The largest absolute Gasteiger partial charge is 0.455 e. The molecule has 0 bridgehead atoms. The van der Waals surface area contributed by atoms with Gasteiger partial charge in [0.2, 0.25) is 15.9 Å². The molecule has 0 heterocycles. The van der Waals surface area contributed by atoms with Gasteiger partial charge in [0.05, 0.1) is 22.9 Å². The first-order chi connectivity index (χ1) is 13.6. The predicted molar refractivity (Wildman–Crippen MR) is 119 cm³/mol. The van der Waals surface area contributed by atoms with E-state index in [0.29, 0.717) is 5.75 Å². The van der Waals surface area contributed by atoms with Crippen LogP contribution in [0.3, 0.4) is 0 Å². The van der Waals surface area contributed by atoms with Crippen molar-refractivity contribution >= 4 is 45.4 Å². The molecule has 0 atom stereocenters. The van der Waals surface area contributed by atoms with Gasteiger partial charge in [-0.05, 0) is 31.2 Å². The van der Waals surface area contributed by atoms with Crippen LogP contribution in [0.15, 0.2) is 42.5 Å². The van der Waals surface area contributed by atoms with E-state index >= 15 is 0 Å². The Morgan fingerprint density at radius 3 is 2.20 bits per heavy atom. The highest BCUT2D eigenvalue weighted by Crippen LogP contribution is 2.39. The first-order valence-electron chi connectivity index (χ1n) is 8.58. The van der Waals surface area contributed by atoms with Crippen LogP contribution in [0.1, 0.15) is 20.3 Å². The van der Waals surface area contributed by atoms with Gasteiger partial charge in [-0.3, -0.25) is 19.6 Å². The molecular formula is C18H25ClN4O6S. The fourth-order valence-corrected chi connectivity index (χ4v) is 2.55. The van der Waals surface area contributed by atoms with Crippen molar-refractivity contribution in [1.29, 1.82) is 0 Å². The fraction of sp³-hybridized carbons (Fsp3) is 0.278. The van der Waals surface area contributed by atoms with E-state index in [1.165, 1.54) is 6.92 Å². The molecule has 30 heavy (non-hydrogen) atoms. The molecule has 0 unspecified atom stereocenters. The molecule has 0 aliphatic carbocycles. The summed E-state index contributed by atoms with van der Waals surface area (Å²) in [6.07, 6.45) is 2.03. The van der Waals surface area contributed by atoms with Crippen molar-refractivity contribution in [2.24, 2.45) is 5.73 Å². The lowest BCUT2D eigenvalue weighted by Gasteiger charge is -2.14. The average Bonchev–Trinajstić information content (AvgIpc) is 2.63. The monoisotopic (exact) mass is 460 g/mol. The summed E-state index contributed by atoms with van der Waals surface area (Å²) in [5.41, 5.74) is 4.41. The highest BCUT2D eigenvalue weighted by Gasteiger charge is 2.22. The number of nitrogens with zero attached hydrogens (tertiary/aromatic N) is 1. The summed E-state index contributed by atoms with van der Waals surface area (Å²) in [6, 6.07) is 10.5. The number of ether oxygens (including phenoxy) is 1. The van der Waals surface area contributed by atoms with Crippen molar-refractivity contribution in [3.05, 3.63) is 52.6 Å². The number of nitro benzene ring substituents is 1. The maximum Gasteiger partial charge on any atom is 0.296 e. The predicted octanol–water partition coefficient (Wildman–Crippen LogP) is 3.49. The number of hydrogen-bond acceptors (Lipinski definition) is 7. The summed E-state index contributed by atoms with van der Waals surface area (Å²) in [5.74, 6) is -0.247. The number of nitro groups is 1. The maximum absolute atomic E-state index is 11.6. The van der Waals surface area contributed by atoms with E-state index in [9.17, 15) is 23.3 Å². The minimum atomic E-state index is -3.68. The third-order valence-electron chi connectivity index (χ3n) is 3.16. The summed E-state index contributed by atoms with van der Waals surface area (Å²) in [4.78, 5) is 21.8. The van der Waals surface area contributed by atoms with Gasteiger partial charge in [-0.1, -0.05) is 25.1 Å². The van der Waals surface area contributed by atoms with E-state index in [1.54, 1.807) is 30.3 Å². The zero-order chi connectivity index (χ0) is 22.0. The molecule has 0 aromatic heterocycles. The normalized spacial score (nSPS) is 10.0. The van der Waals surface area contributed by atoms with Crippen molar-refractivity contribution in [2.45, 2.75) is 20.3 Å². The van der Waals surface area contributed by atoms with Crippen LogP contribution in [-0.2, 0) is 14.8 Å². The molecule has 4 N–H and O–H groups in total. The minimum Gasteiger partial charge on any atom is -0.455 e. The average molecular weight is 461 g/mol. The van der Waals surface area contributed by atoms with Crippen LogP contribution >= 0.6 is 12.4 Å². The lowest BCUT2D eigenvalue weighted by Crippen LogP contribution is -2.13. The van der Waals surface area contributed by atoms with E-state index in [4.69, 9.17) is 10.5 Å². The van der Waals surface area contributed by atoms with Gasteiger partial charge < -0.3 is 15.8 Å². The summed E-state index contributed by atoms with van der Waals surface area (Å²) in [5, 5.41) is 13.6. The van der Waals surface area contributed by atoms with Gasteiger partial charge in [-0.25, -0.2) is 8.42 Å². The number of nitrogens with two attached hydrogens (primary N) is 1. The summed E-state index contributed by atoms with van der Waals surface area (Å²) in [7, 11) is -3.68. The molecule has 0 saturated carbocycles. The van der Waals surface area contributed by atoms with E-state index in [2.05, 4.69) is 17.0 Å². The number of nitrogens with one attached hydrogen (secondary N) is 2.